The van der Waals surface area contributed by atoms with Crippen molar-refractivity contribution in [2.75, 3.05) is 6.54 Å². The maximum atomic E-state index is 12.3. The fourth-order valence-corrected chi connectivity index (χ4v) is 3.04. The lowest BCUT2D eigenvalue weighted by molar-refractivity contribution is 0.0906. The Morgan fingerprint density at radius 1 is 1.47 bits per heavy atom. The van der Waals surface area contributed by atoms with Crippen LogP contribution in [-0.2, 0) is 6.54 Å². The van der Waals surface area contributed by atoms with Crippen LogP contribution in [-0.4, -0.2) is 23.1 Å². The molecule has 0 aliphatic heterocycles. The summed E-state index contributed by atoms with van der Waals surface area (Å²) in [5.41, 5.74) is 6.59. The third kappa shape index (κ3) is 3.38. The Labute approximate surface area is 115 Å². The van der Waals surface area contributed by atoms with Crippen LogP contribution < -0.4 is 11.1 Å². The summed E-state index contributed by atoms with van der Waals surface area (Å²) in [6.07, 6.45) is 8.17. The van der Waals surface area contributed by atoms with E-state index in [9.17, 15) is 4.79 Å². The van der Waals surface area contributed by atoms with Crippen LogP contribution in [0, 0.1) is 5.92 Å². The average Bonchev–Trinajstić information content (AvgIpc) is 2.94. The highest BCUT2D eigenvalue weighted by atomic mass is 16.2. The molecular weight excluding hydrogens is 238 g/mol. The molecule has 1 aliphatic rings. The first-order valence-corrected chi connectivity index (χ1v) is 7.42. The molecule has 1 heterocycles. The minimum absolute atomic E-state index is 0.00729. The van der Waals surface area contributed by atoms with Crippen LogP contribution in [0.3, 0.4) is 0 Å². The molecule has 19 heavy (non-hydrogen) atoms. The second-order valence-electron chi connectivity index (χ2n) is 5.39. The minimum Gasteiger partial charge on any atom is -0.346 e. The predicted octanol–water partition coefficient (Wildman–Crippen LogP) is 2.15. The van der Waals surface area contributed by atoms with Crippen molar-refractivity contribution >= 4 is 5.91 Å². The lowest BCUT2D eigenvalue weighted by Gasteiger charge is -2.30. The van der Waals surface area contributed by atoms with Crippen molar-refractivity contribution in [3.8, 4) is 0 Å². The number of nitrogens with two attached hydrogens (primary N) is 1. The summed E-state index contributed by atoms with van der Waals surface area (Å²) in [5.74, 6) is 0.556. The number of aryl methyl sites for hydroxylation is 1. The van der Waals surface area contributed by atoms with E-state index in [1.54, 1.807) is 0 Å². The van der Waals surface area contributed by atoms with Crippen LogP contribution >= 0.6 is 0 Å². The van der Waals surface area contributed by atoms with E-state index < -0.39 is 0 Å². The first kappa shape index (κ1) is 14.1. The van der Waals surface area contributed by atoms with Gasteiger partial charge in [0.15, 0.2) is 0 Å². The Hall–Kier alpha value is -1.29. The van der Waals surface area contributed by atoms with Crippen molar-refractivity contribution in [3.05, 3.63) is 24.0 Å². The number of hydrogen-bond donors (Lipinski definition) is 2. The van der Waals surface area contributed by atoms with Gasteiger partial charge in [0, 0.05) is 25.3 Å². The molecule has 1 fully saturated rings. The topological polar surface area (TPSA) is 60.0 Å². The van der Waals surface area contributed by atoms with Gasteiger partial charge in [0.05, 0.1) is 0 Å². The van der Waals surface area contributed by atoms with Crippen LogP contribution in [0.4, 0.5) is 0 Å². The average molecular weight is 263 g/mol. The molecule has 4 heteroatoms. The molecule has 1 aromatic heterocycles. The lowest BCUT2D eigenvalue weighted by Crippen LogP contribution is -2.46. The molecule has 1 saturated carbocycles. The van der Waals surface area contributed by atoms with Crippen molar-refractivity contribution in [3.63, 3.8) is 0 Å². The Balaban J connectivity index is 1.99. The van der Waals surface area contributed by atoms with Gasteiger partial charge in [-0.2, -0.15) is 0 Å². The van der Waals surface area contributed by atoms with Gasteiger partial charge in [0.1, 0.15) is 5.69 Å². The van der Waals surface area contributed by atoms with E-state index in [-0.39, 0.29) is 11.9 Å². The molecule has 3 N–H and O–H groups in total. The Bertz CT molecular complexity index is 407. The first-order chi connectivity index (χ1) is 9.26. The molecule has 106 valence electrons. The molecule has 1 unspecified atom stereocenters. The standard InChI is InChI=1S/C15H25N3O/c1-2-18-10-6-9-14(18)15(19)17-13(11-16)12-7-4-3-5-8-12/h6,9-10,12-13H,2-5,7-8,11,16H2,1H3,(H,17,19). The van der Waals surface area contributed by atoms with E-state index in [4.69, 9.17) is 5.73 Å². The third-order valence-electron chi connectivity index (χ3n) is 4.19. The van der Waals surface area contributed by atoms with Gasteiger partial charge in [-0.05, 0) is 37.8 Å². The van der Waals surface area contributed by atoms with Crippen LogP contribution in [0.25, 0.3) is 0 Å². The zero-order chi connectivity index (χ0) is 13.7. The first-order valence-electron chi connectivity index (χ1n) is 7.42. The van der Waals surface area contributed by atoms with Gasteiger partial charge in [0.2, 0.25) is 0 Å². The molecule has 4 nitrogen and oxygen atoms in total. The number of nitrogens with zero attached hydrogens (tertiary/aromatic N) is 1. The highest BCUT2D eigenvalue weighted by Crippen LogP contribution is 2.26. The molecular formula is C15H25N3O. The van der Waals surface area contributed by atoms with E-state index in [0.29, 0.717) is 12.5 Å². The largest absolute Gasteiger partial charge is 0.346 e. The molecule has 0 saturated heterocycles. The maximum Gasteiger partial charge on any atom is 0.268 e. The Morgan fingerprint density at radius 3 is 2.84 bits per heavy atom. The van der Waals surface area contributed by atoms with Crippen molar-refractivity contribution < 1.29 is 4.79 Å². The van der Waals surface area contributed by atoms with Crippen molar-refractivity contribution in [1.29, 1.82) is 0 Å². The van der Waals surface area contributed by atoms with Gasteiger partial charge in [-0.3, -0.25) is 4.79 Å². The zero-order valence-electron chi connectivity index (χ0n) is 11.8. The van der Waals surface area contributed by atoms with E-state index in [1.165, 1.54) is 32.1 Å². The van der Waals surface area contributed by atoms with E-state index in [2.05, 4.69) is 5.32 Å². The number of hydrogen-bond acceptors (Lipinski definition) is 2. The van der Waals surface area contributed by atoms with Gasteiger partial charge < -0.3 is 15.6 Å². The quantitative estimate of drug-likeness (QED) is 0.855. The fraction of sp³-hybridized carbons (Fsp3) is 0.667. The second kappa shape index (κ2) is 6.75. The third-order valence-corrected chi connectivity index (χ3v) is 4.19. The SMILES string of the molecule is CCn1cccc1C(=O)NC(CN)C1CCCCC1. The molecule has 0 aromatic carbocycles. The molecule has 1 aliphatic carbocycles. The predicted molar refractivity (Wildman–Crippen MR) is 77.0 cm³/mol. The van der Waals surface area contributed by atoms with Crippen LogP contribution in [0.2, 0.25) is 0 Å². The maximum absolute atomic E-state index is 12.3. The summed E-state index contributed by atoms with van der Waals surface area (Å²) in [6, 6.07) is 3.90. The van der Waals surface area contributed by atoms with Gasteiger partial charge in [-0.1, -0.05) is 19.3 Å². The highest BCUT2D eigenvalue weighted by Gasteiger charge is 2.24. The van der Waals surface area contributed by atoms with Crippen LogP contribution in [0.5, 0.6) is 0 Å². The zero-order valence-corrected chi connectivity index (χ0v) is 11.8. The van der Waals surface area contributed by atoms with Crippen LogP contribution in [0.1, 0.15) is 49.5 Å². The normalized spacial score (nSPS) is 18.2. The molecule has 0 spiro atoms. The summed E-state index contributed by atoms with van der Waals surface area (Å²) in [7, 11) is 0. The Kier molecular flexibility index (Phi) is 5.02. The summed E-state index contributed by atoms with van der Waals surface area (Å²) in [4.78, 5) is 12.3. The molecule has 0 bridgehead atoms. The van der Waals surface area contributed by atoms with Crippen molar-refractivity contribution in [2.45, 2.75) is 51.6 Å². The molecule has 1 amide bonds. The summed E-state index contributed by atoms with van der Waals surface area (Å²) >= 11 is 0. The van der Waals surface area contributed by atoms with E-state index >= 15 is 0 Å². The number of carbonyl (C=O) groups excluding carboxylic acids is 1. The minimum atomic E-state index is 0.00729. The summed E-state index contributed by atoms with van der Waals surface area (Å²) in [5, 5.41) is 3.13. The smallest absolute Gasteiger partial charge is 0.268 e. The van der Waals surface area contributed by atoms with Gasteiger partial charge in [0.25, 0.3) is 5.91 Å². The monoisotopic (exact) mass is 263 g/mol. The molecule has 1 aromatic rings. The number of aromatic nitrogens is 1. The number of rotatable bonds is 5. The lowest BCUT2D eigenvalue weighted by atomic mass is 9.84. The Morgan fingerprint density at radius 2 is 2.21 bits per heavy atom. The summed E-state index contributed by atoms with van der Waals surface area (Å²) in [6.45, 7) is 3.38. The van der Waals surface area contributed by atoms with Gasteiger partial charge in [-0.15, -0.1) is 0 Å². The fourth-order valence-electron chi connectivity index (χ4n) is 3.04. The van der Waals surface area contributed by atoms with Crippen LogP contribution in [0.15, 0.2) is 18.3 Å². The van der Waals surface area contributed by atoms with Crippen molar-refractivity contribution in [2.24, 2.45) is 11.7 Å². The number of carbonyl (C=O) groups is 1. The second-order valence-corrected chi connectivity index (χ2v) is 5.39. The number of nitrogens with one attached hydrogen (secondary N) is 1. The molecule has 2 rings (SSSR count). The highest BCUT2D eigenvalue weighted by molar-refractivity contribution is 5.93. The van der Waals surface area contributed by atoms with Gasteiger partial charge >= 0.3 is 0 Å². The summed E-state index contributed by atoms with van der Waals surface area (Å²) < 4.78 is 1.96. The molecule has 1 atom stereocenters. The van der Waals surface area contributed by atoms with E-state index in [0.717, 1.165) is 12.2 Å². The molecule has 0 radical (unpaired) electrons. The van der Waals surface area contributed by atoms with Crippen molar-refractivity contribution in [1.82, 2.24) is 9.88 Å². The van der Waals surface area contributed by atoms with E-state index in [1.807, 2.05) is 29.8 Å². The van der Waals surface area contributed by atoms with Gasteiger partial charge in [-0.25, -0.2) is 0 Å². The number of amides is 1.